The molecule has 0 unspecified atom stereocenters. The van der Waals surface area contributed by atoms with Crippen molar-refractivity contribution in [2.24, 2.45) is 7.05 Å². The molecule has 20 heavy (non-hydrogen) atoms. The Balaban J connectivity index is 2.00. The predicted molar refractivity (Wildman–Crippen MR) is 77.3 cm³/mol. The number of nitrogens with two attached hydrogens (primary N) is 1. The summed E-state index contributed by atoms with van der Waals surface area (Å²) in [5.41, 5.74) is 8.28. The Morgan fingerprint density at radius 3 is 2.80 bits per heavy atom. The highest BCUT2D eigenvalue weighted by molar-refractivity contribution is 5.57. The Kier molecular flexibility index (Phi) is 2.67. The number of aromatic nitrogens is 2. The van der Waals surface area contributed by atoms with E-state index in [1.807, 2.05) is 26.1 Å². The molecule has 0 amide bonds. The van der Waals surface area contributed by atoms with Gasteiger partial charge >= 0.3 is 0 Å². The van der Waals surface area contributed by atoms with Gasteiger partial charge in [0.25, 0.3) is 0 Å². The summed E-state index contributed by atoms with van der Waals surface area (Å²) in [5, 5.41) is 4.25. The lowest BCUT2D eigenvalue weighted by Gasteiger charge is -2.18. The van der Waals surface area contributed by atoms with Crippen LogP contribution in [0.4, 0.5) is 5.69 Å². The molecule has 5 nitrogen and oxygen atoms in total. The van der Waals surface area contributed by atoms with E-state index in [-0.39, 0.29) is 5.60 Å². The summed E-state index contributed by atoms with van der Waals surface area (Å²) in [6, 6.07) is 5.93. The molecule has 2 N–H and O–H groups in total. The minimum Gasteiger partial charge on any atom is -0.483 e. The standard InChI is InChI=1S/C15H19N3O2/c1-9-12(16)14(18(4)17-9)19-11-7-5-6-10-8-15(2,3)20-13(10)11/h5-7H,8,16H2,1-4H3. The van der Waals surface area contributed by atoms with Crippen molar-refractivity contribution < 1.29 is 9.47 Å². The Morgan fingerprint density at radius 2 is 2.15 bits per heavy atom. The molecule has 2 aromatic rings. The normalized spacial score (nSPS) is 15.8. The van der Waals surface area contributed by atoms with Crippen LogP contribution < -0.4 is 15.2 Å². The van der Waals surface area contributed by atoms with Crippen molar-refractivity contribution in [3.8, 4) is 17.4 Å². The van der Waals surface area contributed by atoms with E-state index in [0.717, 1.165) is 23.4 Å². The third kappa shape index (κ3) is 1.99. The van der Waals surface area contributed by atoms with Crippen LogP contribution >= 0.6 is 0 Å². The van der Waals surface area contributed by atoms with Gasteiger partial charge in [0, 0.05) is 19.0 Å². The fraction of sp³-hybridized carbons (Fsp3) is 0.400. The minimum atomic E-state index is -0.199. The first-order valence-electron chi connectivity index (χ1n) is 6.65. The van der Waals surface area contributed by atoms with Gasteiger partial charge in [0.2, 0.25) is 5.88 Å². The zero-order chi connectivity index (χ0) is 14.5. The lowest BCUT2D eigenvalue weighted by Crippen LogP contribution is -2.24. The van der Waals surface area contributed by atoms with Gasteiger partial charge in [-0.3, -0.25) is 0 Å². The second kappa shape index (κ2) is 4.16. The number of rotatable bonds is 2. The first-order chi connectivity index (χ1) is 9.37. The molecule has 0 aliphatic carbocycles. The molecule has 1 aromatic heterocycles. The molecule has 1 aromatic carbocycles. The van der Waals surface area contributed by atoms with Gasteiger partial charge in [-0.25, -0.2) is 4.68 Å². The van der Waals surface area contributed by atoms with Gasteiger partial charge in [0.15, 0.2) is 11.5 Å². The highest BCUT2D eigenvalue weighted by atomic mass is 16.5. The van der Waals surface area contributed by atoms with Crippen LogP contribution in [0.15, 0.2) is 18.2 Å². The summed E-state index contributed by atoms with van der Waals surface area (Å²) in [6.07, 6.45) is 0.874. The number of ether oxygens (including phenoxy) is 2. The third-order valence-corrected chi connectivity index (χ3v) is 3.48. The van der Waals surface area contributed by atoms with Crippen LogP contribution in [-0.2, 0) is 13.5 Å². The van der Waals surface area contributed by atoms with E-state index in [4.69, 9.17) is 15.2 Å². The minimum absolute atomic E-state index is 0.199. The number of aryl methyl sites for hydroxylation is 2. The molecule has 0 radical (unpaired) electrons. The van der Waals surface area contributed by atoms with Crippen LogP contribution in [0.3, 0.4) is 0 Å². The summed E-state index contributed by atoms with van der Waals surface area (Å²) in [4.78, 5) is 0. The molecule has 5 heteroatoms. The maximum atomic E-state index is 6.00. The number of hydrogen-bond donors (Lipinski definition) is 1. The van der Waals surface area contributed by atoms with E-state index < -0.39 is 0 Å². The molecule has 1 aliphatic heterocycles. The quantitative estimate of drug-likeness (QED) is 0.914. The average molecular weight is 273 g/mol. The second-order valence-corrected chi connectivity index (χ2v) is 5.81. The van der Waals surface area contributed by atoms with Crippen molar-refractivity contribution in [3.63, 3.8) is 0 Å². The van der Waals surface area contributed by atoms with Gasteiger partial charge in [0.1, 0.15) is 11.3 Å². The fourth-order valence-electron chi connectivity index (χ4n) is 2.55. The van der Waals surface area contributed by atoms with E-state index in [1.54, 1.807) is 4.68 Å². The number of para-hydroxylation sites is 1. The van der Waals surface area contributed by atoms with Crippen molar-refractivity contribution in [1.29, 1.82) is 0 Å². The summed E-state index contributed by atoms with van der Waals surface area (Å²) in [7, 11) is 1.81. The average Bonchev–Trinajstić information content (AvgIpc) is 2.79. The zero-order valence-corrected chi connectivity index (χ0v) is 12.2. The first-order valence-corrected chi connectivity index (χ1v) is 6.65. The lowest BCUT2D eigenvalue weighted by atomic mass is 10.0. The summed E-state index contributed by atoms with van der Waals surface area (Å²) >= 11 is 0. The molecule has 2 heterocycles. The van der Waals surface area contributed by atoms with Gasteiger partial charge in [-0.15, -0.1) is 0 Å². The molecular weight excluding hydrogens is 254 g/mol. The number of benzene rings is 1. The van der Waals surface area contributed by atoms with Crippen molar-refractivity contribution in [3.05, 3.63) is 29.5 Å². The van der Waals surface area contributed by atoms with Crippen LogP contribution in [0.25, 0.3) is 0 Å². The third-order valence-electron chi connectivity index (χ3n) is 3.48. The molecule has 0 spiro atoms. The molecule has 3 rings (SSSR count). The van der Waals surface area contributed by atoms with Crippen molar-refractivity contribution in [1.82, 2.24) is 9.78 Å². The Labute approximate surface area is 118 Å². The molecule has 0 saturated heterocycles. The van der Waals surface area contributed by atoms with Crippen LogP contribution in [0.2, 0.25) is 0 Å². The molecule has 0 atom stereocenters. The maximum Gasteiger partial charge on any atom is 0.241 e. The largest absolute Gasteiger partial charge is 0.483 e. The number of hydrogen-bond acceptors (Lipinski definition) is 4. The number of nitrogen functional groups attached to an aromatic ring is 1. The van der Waals surface area contributed by atoms with Gasteiger partial charge < -0.3 is 15.2 Å². The van der Waals surface area contributed by atoms with E-state index in [1.165, 1.54) is 0 Å². The van der Waals surface area contributed by atoms with Crippen LogP contribution in [0, 0.1) is 6.92 Å². The van der Waals surface area contributed by atoms with Gasteiger partial charge in [0.05, 0.1) is 5.69 Å². The second-order valence-electron chi connectivity index (χ2n) is 5.81. The van der Waals surface area contributed by atoms with Crippen LogP contribution in [-0.4, -0.2) is 15.4 Å². The number of anilines is 1. The summed E-state index contributed by atoms with van der Waals surface area (Å²) < 4.78 is 13.6. The van der Waals surface area contributed by atoms with E-state index in [9.17, 15) is 0 Å². The van der Waals surface area contributed by atoms with Gasteiger partial charge in [-0.05, 0) is 26.8 Å². The monoisotopic (exact) mass is 273 g/mol. The Morgan fingerprint density at radius 1 is 1.40 bits per heavy atom. The van der Waals surface area contributed by atoms with Crippen molar-refractivity contribution in [2.45, 2.75) is 32.8 Å². The van der Waals surface area contributed by atoms with E-state index >= 15 is 0 Å². The van der Waals surface area contributed by atoms with Crippen molar-refractivity contribution >= 4 is 5.69 Å². The van der Waals surface area contributed by atoms with Crippen LogP contribution in [0.1, 0.15) is 25.1 Å². The Bertz CT molecular complexity index is 674. The highest BCUT2D eigenvalue weighted by Crippen LogP contribution is 2.44. The fourth-order valence-corrected chi connectivity index (χ4v) is 2.55. The smallest absolute Gasteiger partial charge is 0.241 e. The van der Waals surface area contributed by atoms with Gasteiger partial charge in [-0.2, -0.15) is 5.10 Å². The van der Waals surface area contributed by atoms with E-state index in [2.05, 4.69) is 25.0 Å². The first kappa shape index (κ1) is 12.8. The molecule has 0 saturated carbocycles. The molecule has 0 fully saturated rings. The Hall–Kier alpha value is -2.17. The number of nitrogens with zero attached hydrogens (tertiary/aromatic N) is 2. The lowest BCUT2D eigenvalue weighted by molar-refractivity contribution is 0.134. The number of fused-ring (bicyclic) bond motifs is 1. The zero-order valence-electron chi connectivity index (χ0n) is 12.2. The summed E-state index contributed by atoms with van der Waals surface area (Å²) in [6.45, 7) is 6.00. The molecule has 1 aliphatic rings. The topological polar surface area (TPSA) is 62.3 Å². The molecule has 0 bridgehead atoms. The van der Waals surface area contributed by atoms with Crippen molar-refractivity contribution in [2.75, 3.05) is 5.73 Å². The highest BCUT2D eigenvalue weighted by Gasteiger charge is 2.32. The predicted octanol–water partition coefficient (Wildman–Crippen LogP) is 2.82. The molecule has 106 valence electrons. The summed E-state index contributed by atoms with van der Waals surface area (Å²) in [5.74, 6) is 2.03. The SMILES string of the molecule is Cc1nn(C)c(Oc2cccc3c2OC(C)(C)C3)c1N. The van der Waals surface area contributed by atoms with Crippen LogP contribution in [0.5, 0.6) is 17.4 Å². The maximum absolute atomic E-state index is 6.00. The van der Waals surface area contributed by atoms with Gasteiger partial charge in [-0.1, -0.05) is 12.1 Å². The molecular formula is C15H19N3O2. The van der Waals surface area contributed by atoms with E-state index in [0.29, 0.717) is 17.3 Å².